The molecule has 2 aromatic carbocycles. The van der Waals surface area contributed by atoms with Crippen molar-refractivity contribution in [1.29, 1.82) is 0 Å². The van der Waals surface area contributed by atoms with E-state index >= 15 is 0 Å². The Hall–Kier alpha value is -3.84. The van der Waals surface area contributed by atoms with Crippen molar-refractivity contribution in [1.82, 2.24) is 4.98 Å². The van der Waals surface area contributed by atoms with Crippen LogP contribution >= 0.6 is 11.6 Å². The van der Waals surface area contributed by atoms with Crippen molar-refractivity contribution in [3.05, 3.63) is 88.7 Å². The number of ether oxygens (including phenoxy) is 2. The molecule has 8 heteroatoms. The lowest BCUT2D eigenvalue weighted by molar-refractivity contribution is -0.132. The quantitative estimate of drug-likeness (QED) is 0.352. The lowest BCUT2D eigenvalue weighted by Crippen LogP contribution is -2.29. The van der Waals surface area contributed by atoms with Gasteiger partial charge in [0, 0.05) is 29.7 Å². The van der Waals surface area contributed by atoms with Crippen molar-refractivity contribution in [2.75, 3.05) is 19.1 Å². The Balaban J connectivity index is 1.94. The number of aromatic nitrogens is 1. The van der Waals surface area contributed by atoms with E-state index in [0.717, 1.165) is 0 Å². The molecule has 1 atom stereocenters. The summed E-state index contributed by atoms with van der Waals surface area (Å²) in [5.74, 6) is -1.03. The fraction of sp³-hybridized carbons (Fsp3) is 0.125. The first kappa shape index (κ1) is 21.4. The number of anilines is 1. The molecule has 0 aliphatic carbocycles. The molecule has 32 heavy (non-hydrogen) atoms. The summed E-state index contributed by atoms with van der Waals surface area (Å²) < 4.78 is 10.5. The fourth-order valence-corrected chi connectivity index (χ4v) is 3.88. The van der Waals surface area contributed by atoms with Crippen LogP contribution in [0, 0.1) is 0 Å². The zero-order valence-corrected chi connectivity index (χ0v) is 18.0. The van der Waals surface area contributed by atoms with Crippen LogP contribution < -0.4 is 14.4 Å². The van der Waals surface area contributed by atoms with Crippen LogP contribution in [0.5, 0.6) is 11.5 Å². The van der Waals surface area contributed by atoms with Crippen LogP contribution in [0.3, 0.4) is 0 Å². The van der Waals surface area contributed by atoms with Crippen LogP contribution in [-0.4, -0.2) is 36.0 Å². The number of aliphatic hydroxyl groups is 1. The van der Waals surface area contributed by atoms with Crippen LogP contribution in [0.25, 0.3) is 5.76 Å². The van der Waals surface area contributed by atoms with E-state index in [1.54, 1.807) is 60.9 Å². The normalized spacial score (nSPS) is 17.5. The molecule has 1 unspecified atom stereocenters. The van der Waals surface area contributed by atoms with Crippen LogP contribution in [0.2, 0.25) is 5.02 Å². The fourth-order valence-electron chi connectivity index (χ4n) is 3.68. The topological polar surface area (TPSA) is 89.0 Å². The first-order valence-corrected chi connectivity index (χ1v) is 10.0. The number of carbonyl (C=O) groups is 2. The highest BCUT2D eigenvalue weighted by Gasteiger charge is 2.47. The summed E-state index contributed by atoms with van der Waals surface area (Å²) in [7, 11) is 2.96. The lowest BCUT2D eigenvalue weighted by atomic mass is 9.95. The van der Waals surface area contributed by atoms with E-state index in [1.165, 1.54) is 25.2 Å². The van der Waals surface area contributed by atoms with Crippen LogP contribution in [0.15, 0.2) is 72.6 Å². The molecule has 0 bridgehead atoms. The lowest BCUT2D eigenvalue weighted by Gasteiger charge is -2.25. The number of carbonyl (C=O) groups excluding carboxylic acids is 2. The van der Waals surface area contributed by atoms with Gasteiger partial charge in [0.1, 0.15) is 17.3 Å². The Bertz CT molecular complexity index is 1230. The zero-order chi connectivity index (χ0) is 22.8. The molecule has 162 valence electrons. The van der Waals surface area contributed by atoms with Gasteiger partial charge in [-0.25, -0.2) is 0 Å². The summed E-state index contributed by atoms with van der Waals surface area (Å²) in [5.41, 5.74) is 1.33. The summed E-state index contributed by atoms with van der Waals surface area (Å²) in [6, 6.07) is 14.0. The number of aliphatic hydroxyl groups excluding tert-OH is 1. The van der Waals surface area contributed by atoms with Crippen LogP contribution in [0.4, 0.5) is 5.69 Å². The SMILES string of the molecule is COc1cccc(N2C(=O)C(=O)/C(=C(/O)c3ccc(Cl)c(OC)c3)C2c2ccncc2)c1. The van der Waals surface area contributed by atoms with Crippen molar-refractivity contribution in [2.24, 2.45) is 0 Å². The highest BCUT2D eigenvalue weighted by atomic mass is 35.5. The summed E-state index contributed by atoms with van der Waals surface area (Å²) in [4.78, 5) is 31.7. The largest absolute Gasteiger partial charge is 0.507 e. The average Bonchev–Trinajstić information content (AvgIpc) is 3.10. The predicted molar refractivity (Wildman–Crippen MR) is 120 cm³/mol. The third-order valence-electron chi connectivity index (χ3n) is 5.22. The predicted octanol–water partition coefficient (Wildman–Crippen LogP) is 4.38. The number of benzene rings is 2. The number of nitrogens with zero attached hydrogens (tertiary/aromatic N) is 2. The van der Waals surface area contributed by atoms with Gasteiger partial charge in [0.05, 0.1) is 30.9 Å². The van der Waals surface area contributed by atoms with Crippen molar-refractivity contribution >= 4 is 34.7 Å². The number of rotatable bonds is 5. The van der Waals surface area contributed by atoms with Crippen LogP contribution in [0.1, 0.15) is 17.2 Å². The minimum Gasteiger partial charge on any atom is -0.507 e. The second-order valence-corrected chi connectivity index (χ2v) is 7.41. The molecule has 2 heterocycles. The van der Waals surface area contributed by atoms with Gasteiger partial charge in [-0.2, -0.15) is 0 Å². The standard InChI is InChI=1S/C24H19ClN2O5/c1-31-17-5-3-4-16(13-17)27-21(14-8-10-26-11-9-14)20(23(29)24(27)30)22(28)15-6-7-18(25)19(12-15)32-2/h3-13,21,28H,1-2H3/b22-20+. The first-order valence-electron chi connectivity index (χ1n) is 9.65. The highest BCUT2D eigenvalue weighted by molar-refractivity contribution is 6.51. The van der Waals surface area contributed by atoms with Crippen molar-refractivity contribution in [3.8, 4) is 11.5 Å². The van der Waals surface area contributed by atoms with E-state index in [9.17, 15) is 14.7 Å². The molecule has 1 amide bonds. The van der Waals surface area contributed by atoms with E-state index < -0.39 is 17.7 Å². The third kappa shape index (κ3) is 3.67. The van der Waals surface area contributed by atoms with E-state index in [4.69, 9.17) is 21.1 Å². The maximum Gasteiger partial charge on any atom is 0.300 e. The third-order valence-corrected chi connectivity index (χ3v) is 5.53. The molecular weight excluding hydrogens is 432 g/mol. The van der Waals surface area contributed by atoms with Crippen molar-refractivity contribution in [2.45, 2.75) is 6.04 Å². The second kappa shape index (κ2) is 8.72. The smallest absolute Gasteiger partial charge is 0.300 e. The monoisotopic (exact) mass is 450 g/mol. The molecule has 3 aromatic rings. The van der Waals surface area contributed by atoms with Gasteiger partial charge in [-0.15, -0.1) is 0 Å². The molecule has 1 N–H and O–H groups in total. The van der Waals surface area contributed by atoms with E-state index in [1.807, 2.05) is 0 Å². The molecule has 1 saturated heterocycles. The maximum atomic E-state index is 13.2. The molecule has 7 nitrogen and oxygen atoms in total. The molecule has 1 aliphatic rings. The number of Topliss-reactive ketones (excluding diaryl/α,β-unsaturated/α-hetero) is 1. The Kier molecular flexibility index (Phi) is 5.83. The van der Waals surface area contributed by atoms with Gasteiger partial charge >= 0.3 is 0 Å². The van der Waals surface area contributed by atoms with E-state index in [2.05, 4.69) is 4.98 Å². The molecule has 1 aliphatic heterocycles. The van der Waals surface area contributed by atoms with Gasteiger partial charge < -0.3 is 14.6 Å². The minimum absolute atomic E-state index is 0.0478. The Labute approximate surface area is 189 Å². The molecule has 0 radical (unpaired) electrons. The summed E-state index contributed by atoms with van der Waals surface area (Å²) in [5, 5.41) is 11.5. The van der Waals surface area contributed by atoms with Gasteiger partial charge in [0.15, 0.2) is 0 Å². The molecular formula is C24H19ClN2O5. The van der Waals surface area contributed by atoms with Gasteiger partial charge in [-0.3, -0.25) is 19.5 Å². The number of pyridine rings is 1. The molecule has 0 saturated carbocycles. The molecule has 1 aromatic heterocycles. The van der Waals surface area contributed by atoms with E-state index in [0.29, 0.717) is 33.3 Å². The molecule has 0 spiro atoms. The number of halogens is 1. The number of hydrogen-bond donors (Lipinski definition) is 1. The Morgan fingerprint density at radius 3 is 2.47 bits per heavy atom. The van der Waals surface area contributed by atoms with Crippen molar-refractivity contribution in [3.63, 3.8) is 0 Å². The van der Waals surface area contributed by atoms with Gasteiger partial charge in [0.25, 0.3) is 11.7 Å². The van der Waals surface area contributed by atoms with Gasteiger partial charge in [-0.05, 0) is 48.0 Å². The Morgan fingerprint density at radius 2 is 1.78 bits per heavy atom. The number of ketones is 1. The van der Waals surface area contributed by atoms with E-state index in [-0.39, 0.29) is 11.3 Å². The number of hydrogen-bond acceptors (Lipinski definition) is 6. The second-order valence-electron chi connectivity index (χ2n) is 7.00. The van der Waals surface area contributed by atoms with Crippen LogP contribution in [-0.2, 0) is 9.59 Å². The number of amides is 1. The zero-order valence-electron chi connectivity index (χ0n) is 17.3. The summed E-state index contributed by atoms with van der Waals surface area (Å²) in [6.07, 6.45) is 3.12. The van der Waals surface area contributed by atoms with Gasteiger partial charge in [-0.1, -0.05) is 17.7 Å². The summed E-state index contributed by atoms with van der Waals surface area (Å²) >= 11 is 6.10. The molecule has 4 rings (SSSR count). The maximum absolute atomic E-state index is 13.2. The average molecular weight is 451 g/mol. The molecule has 1 fully saturated rings. The Morgan fingerprint density at radius 1 is 1.03 bits per heavy atom. The summed E-state index contributed by atoms with van der Waals surface area (Å²) in [6.45, 7) is 0. The minimum atomic E-state index is -0.869. The first-order chi connectivity index (χ1) is 15.5. The van der Waals surface area contributed by atoms with Gasteiger partial charge in [0.2, 0.25) is 0 Å². The van der Waals surface area contributed by atoms with Crippen molar-refractivity contribution < 1.29 is 24.2 Å². The number of methoxy groups -OCH3 is 2. The highest BCUT2D eigenvalue weighted by Crippen LogP contribution is 2.43.